The molecule has 100 valence electrons. The van der Waals surface area contributed by atoms with Gasteiger partial charge in [0.15, 0.2) is 0 Å². The van der Waals surface area contributed by atoms with E-state index in [2.05, 4.69) is 25.6 Å². The van der Waals surface area contributed by atoms with Gasteiger partial charge < -0.3 is 0 Å². The molecule has 0 aliphatic heterocycles. The fraction of sp³-hybridized carbons (Fsp3) is 0.0833. The lowest BCUT2D eigenvalue weighted by Gasteiger charge is -2.10. The van der Waals surface area contributed by atoms with Crippen molar-refractivity contribution in [1.29, 1.82) is 0 Å². The molecule has 0 aliphatic rings. The molecule has 0 radical (unpaired) electrons. The highest BCUT2D eigenvalue weighted by atomic mass is 79.9. The Hall–Kier alpha value is -1.11. The van der Waals surface area contributed by atoms with E-state index in [4.69, 9.17) is 11.6 Å². The predicted molar refractivity (Wildman–Crippen MR) is 78.9 cm³/mol. The number of hydrogen-bond acceptors (Lipinski definition) is 3. The fourth-order valence-corrected chi connectivity index (χ4v) is 3.27. The Morgan fingerprint density at radius 3 is 2.68 bits per heavy atom. The number of pyridine rings is 1. The SMILES string of the molecule is Cc1ccc(Br)c(NS(=O)(=O)c2ccnc(Cl)c2)c1. The van der Waals surface area contributed by atoms with Crippen molar-refractivity contribution in [3.05, 3.63) is 51.7 Å². The second-order valence-electron chi connectivity index (χ2n) is 3.90. The molecular formula is C12H10BrClN2O2S. The Kier molecular flexibility index (Phi) is 4.13. The van der Waals surface area contributed by atoms with Crippen molar-refractivity contribution in [2.75, 3.05) is 4.72 Å². The van der Waals surface area contributed by atoms with Crippen LogP contribution in [0.15, 0.2) is 45.9 Å². The van der Waals surface area contributed by atoms with Gasteiger partial charge >= 0.3 is 0 Å². The highest BCUT2D eigenvalue weighted by molar-refractivity contribution is 9.10. The van der Waals surface area contributed by atoms with Crippen LogP contribution in [-0.4, -0.2) is 13.4 Å². The molecule has 2 aromatic rings. The molecule has 0 saturated carbocycles. The Bertz CT molecular complexity index is 719. The Labute approximate surface area is 125 Å². The molecule has 7 heteroatoms. The molecule has 0 fully saturated rings. The highest BCUT2D eigenvalue weighted by Gasteiger charge is 2.16. The summed E-state index contributed by atoms with van der Waals surface area (Å²) in [6.45, 7) is 1.88. The van der Waals surface area contributed by atoms with E-state index >= 15 is 0 Å². The van der Waals surface area contributed by atoms with Crippen LogP contribution < -0.4 is 4.72 Å². The number of aryl methyl sites for hydroxylation is 1. The van der Waals surface area contributed by atoms with E-state index in [1.807, 2.05) is 13.0 Å². The van der Waals surface area contributed by atoms with Gasteiger partial charge in [0, 0.05) is 10.7 Å². The number of rotatable bonds is 3. The largest absolute Gasteiger partial charge is 0.278 e. The lowest BCUT2D eigenvalue weighted by molar-refractivity contribution is 0.601. The van der Waals surface area contributed by atoms with E-state index < -0.39 is 10.0 Å². The standard InChI is InChI=1S/C12H10BrClN2O2S/c1-8-2-3-10(13)11(6-8)16-19(17,18)9-4-5-15-12(14)7-9/h2-7,16H,1H3. The van der Waals surface area contributed by atoms with Crippen molar-refractivity contribution in [1.82, 2.24) is 4.98 Å². The van der Waals surface area contributed by atoms with E-state index in [1.54, 1.807) is 12.1 Å². The third kappa shape index (κ3) is 3.46. The van der Waals surface area contributed by atoms with Crippen LogP contribution in [0, 0.1) is 6.92 Å². The first-order valence-corrected chi connectivity index (χ1v) is 7.94. The minimum atomic E-state index is -3.68. The molecule has 1 aromatic heterocycles. The van der Waals surface area contributed by atoms with Crippen molar-refractivity contribution in [2.45, 2.75) is 11.8 Å². The predicted octanol–water partition coefficient (Wildman–Crippen LogP) is 3.61. The van der Waals surface area contributed by atoms with E-state index in [1.165, 1.54) is 18.3 Å². The lowest BCUT2D eigenvalue weighted by atomic mass is 10.2. The molecule has 1 heterocycles. The van der Waals surface area contributed by atoms with Crippen LogP contribution >= 0.6 is 27.5 Å². The molecule has 0 saturated heterocycles. The number of halogens is 2. The first-order chi connectivity index (χ1) is 8.88. The summed E-state index contributed by atoms with van der Waals surface area (Å²) in [7, 11) is -3.68. The van der Waals surface area contributed by atoms with E-state index in [9.17, 15) is 8.42 Å². The Balaban J connectivity index is 2.39. The highest BCUT2D eigenvalue weighted by Crippen LogP contribution is 2.26. The molecule has 1 aromatic carbocycles. The Morgan fingerprint density at radius 2 is 2.00 bits per heavy atom. The average Bonchev–Trinajstić information content (AvgIpc) is 2.33. The zero-order valence-corrected chi connectivity index (χ0v) is 13.1. The number of sulfonamides is 1. The van der Waals surface area contributed by atoms with Crippen molar-refractivity contribution in [3.63, 3.8) is 0 Å². The number of anilines is 1. The minimum absolute atomic E-state index is 0.0703. The Morgan fingerprint density at radius 1 is 1.26 bits per heavy atom. The molecule has 0 bridgehead atoms. The van der Waals surface area contributed by atoms with Gasteiger partial charge in [-0.3, -0.25) is 4.72 Å². The maximum absolute atomic E-state index is 12.2. The normalized spacial score (nSPS) is 11.3. The molecule has 1 N–H and O–H groups in total. The van der Waals surface area contributed by atoms with Gasteiger partial charge in [-0.25, -0.2) is 13.4 Å². The summed E-state index contributed by atoms with van der Waals surface area (Å²) in [6.07, 6.45) is 1.35. The molecule has 0 unspecified atom stereocenters. The summed E-state index contributed by atoms with van der Waals surface area (Å²) in [5.41, 5.74) is 1.43. The summed E-state index contributed by atoms with van der Waals surface area (Å²) in [5.74, 6) is 0. The van der Waals surface area contributed by atoms with Gasteiger partial charge in [0.2, 0.25) is 0 Å². The van der Waals surface area contributed by atoms with Gasteiger partial charge in [0.05, 0.1) is 10.6 Å². The first kappa shape index (κ1) is 14.3. The maximum Gasteiger partial charge on any atom is 0.262 e. The summed E-state index contributed by atoms with van der Waals surface area (Å²) in [6, 6.07) is 8.09. The van der Waals surface area contributed by atoms with Gasteiger partial charge in [-0.05, 0) is 52.7 Å². The number of nitrogens with zero attached hydrogens (tertiary/aromatic N) is 1. The zero-order valence-electron chi connectivity index (χ0n) is 9.89. The van der Waals surface area contributed by atoms with Crippen LogP contribution in [0.1, 0.15) is 5.56 Å². The van der Waals surface area contributed by atoms with Gasteiger partial charge in [-0.15, -0.1) is 0 Å². The number of nitrogens with one attached hydrogen (secondary N) is 1. The van der Waals surface area contributed by atoms with E-state index in [-0.39, 0.29) is 10.0 Å². The molecule has 4 nitrogen and oxygen atoms in total. The summed E-state index contributed by atoms with van der Waals surface area (Å²) < 4.78 is 27.6. The molecule has 2 rings (SSSR count). The molecule has 0 amide bonds. The smallest absolute Gasteiger partial charge is 0.262 e. The second kappa shape index (κ2) is 5.48. The van der Waals surface area contributed by atoms with Gasteiger partial charge in [0.25, 0.3) is 10.0 Å². The quantitative estimate of drug-likeness (QED) is 0.850. The van der Waals surface area contributed by atoms with Crippen molar-refractivity contribution >= 4 is 43.2 Å². The zero-order chi connectivity index (χ0) is 14.0. The van der Waals surface area contributed by atoms with Crippen LogP contribution in [0.25, 0.3) is 0 Å². The van der Waals surface area contributed by atoms with Crippen LogP contribution in [0.2, 0.25) is 5.15 Å². The third-order valence-corrected chi connectivity index (χ3v) is 4.64. The second-order valence-corrected chi connectivity index (χ2v) is 6.83. The molecule has 0 spiro atoms. The van der Waals surface area contributed by atoms with Crippen LogP contribution in [0.5, 0.6) is 0 Å². The molecule has 19 heavy (non-hydrogen) atoms. The lowest BCUT2D eigenvalue weighted by Crippen LogP contribution is -2.13. The molecule has 0 atom stereocenters. The van der Waals surface area contributed by atoms with Crippen molar-refractivity contribution in [2.24, 2.45) is 0 Å². The monoisotopic (exact) mass is 360 g/mol. The van der Waals surface area contributed by atoms with Crippen LogP contribution in [-0.2, 0) is 10.0 Å². The van der Waals surface area contributed by atoms with E-state index in [0.29, 0.717) is 10.2 Å². The molecule has 0 aliphatic carbocycles. The minimum Gasteiger partial charge on any atom is -0.278 e. The van der Waals surface area contributed by atoms with Crippen molar-refractivity contribution in [3.8, 4) is 0 Å². The molecular weight excluding hydrogens is 352 g/mol. The average molecular weight is 362 g/mol. The third-order valence-electron chi connectivity index (χ3n) is 2.37. The first-order valence-electron chi connectivity index (χ1n) is 5.29. The van der Waals surface area contributed by atoms with Gasteiger partial charge in [-0.2, -0.15) is 0 Å². The maximum atomic E-state index is 12.2. The summed E-state index contributed by atoms with van der Waals surface area (Å²) in [5, 5.41) is 0.131. The number of aromatic nitrogens is 1. The number of hydrogen-bond donors (Lipinski definition) is 1. The van der Waals surface area contributed by atoms with Crippen LogP contribution in [0.3, 0.4) is 0 Å². The number of benzene rings is 1. The fourth-order valence-electron chi connectivity index (χ4n) is 1.47. The van der Waals surface area contributed by atoms with E-state index in [0.717, 1.165) is 5.56 Å². The van der Waals surface area contributed by atoms with Gasteiger partial charge in [-0.1, -0.05) is 17.7 Å². The van der Waals surface area contributed by atoms with Crippen molar-refractivity contribution < 1.29 is 8.42 Å². The van der Waals surface area contributed by atoms with Crippen LogP contribution in [0.4, 0.5) is 5.69 Å². The van der Waals surface area contributed by atoms with Gasteiger partial charge in [0.1, 0.15) is 5.15 Å². The summed E-state index contributed by atoms with van der Waals surface area (Å²) >= 11 is 9.00. The summed E-state index contributed by atoms with van der Waals surface area (Å²) in [4.78, 5) is 3.83. The topological polar surface area (TPSA) is 59.1 Å².